The highest BCUT2D eigenvalue weighted by molar-refractivity contribution is 5.95. The summed E-state index contributed by atoms with van der Waals surface area (Å²) in [6.45, 7) is 5.59. The highest BCUT2D eigenvalue weighted by atomic mass is 16.5. The molecule has 10 nitrogen and oxygen atoms in total. The van der Waals surface area contributed by atoms with Gasteiger partial charge in [0.2, 0.25) is 11.8 Å². The van der Waals surface area contributed by atoms with Crippen LogP contribution in [-0.4, -0.2) is 66.4 Å². The monoisotopic (exact) mass is 507 g/mol. The normalized spacial score (nSPS) is 18.7. The second kappa shape index (κ2) is 11.8. The Morgan fingerprint density at radius 2 is 1.92 bits per heavy atom. The number of hydrogen-bond donors (Lipinski definition) is 2. The molecule has 2 amide bonds. The number of amides is 2. The molecule has 2 aliphatic rings. The largest absolute Gasteiger partial charge is 0.462 e. The van der Waals surface area contributed by atoms with E-state index in [9.17, 15) is 19.6 Å². The number of nitriles is 1. The molecule has 196 valence electrons. The highest BCUT2D eigenvalue weighted by Crippen LogP contribution is 2.24. The zero-order chi connectivity index (χ0) is 26.4. The summed E-state index contributed by atoms with van der Waals surface area (Å²) in [4.78, 5) is 42.3. The third kappa shape index (κ3) is 6.23. The van der Waals surface area contributed by atoms with Crippen LogP contribution < -0.4 is 10.6 Å². The molecule has 2 N–H and O–H groups in total. The number of anilines is 1. The maximum absolute atomic E-state index is 13.5. The number of likely N-dealkylation sites (tertiary alicyclic amines) is 2. The first-order valence-electron chi connectivity index (χ1n) is 12.8. The smallest absolute Gasteiger partial charge is 0.352 e. The van der Waals surface area contributed by atoms with Gasteiger partial charge in [-0.25, -0.2) is 4.79 Å². The Balaban J connectivity index is 1.59. The van der Waals surface area contributed by atoms with Gasteiger partial charge in [-0.1, -0.05) is 0 Å². The quantitative estimate of drug-likeness (QED) is 0.317. The number of nitrogens with zero attached hydrogens (tertiary/aromatic N) is 3. The molecule has 0 bridgehead atoms. The average molecular weight is 508 g/mol. The second-order valence-electron chi connectivity index (χ2n) is 9.36. The molecule has 0 aliphatic carbocycles. The van der Waals surface area contributed by atoms with Crippen molar-refractivity contribution < 1.29 is 23.5 Å². The van der Waals surface area contributed by atoms with E-state index in [0.717, 1.165) is 49.9 Å². The summed E-state index contributed by atoms with van der Waals surface area (Å²) in [5.74, 6) is -0.216. The zero-order valence-corrected chi connectivity index (χ0v) is 21.3. The maximum atomic E-state index is 13.5. The van der Waals surface area contributed by atoms with Gasteiger partial charge in [0.1, 0.15) is 29.3 Å². The Morgan fingerprint density at radius 3 is 2.65 bits per heavy atom. The number of ether oxygens (including phenoxy) is 1. The van der Waals surface area contributed by atoms with Gasteiger partial charge in [0.25, 0.3) is 0 Å². The Morgan fingerprint density at radius 1 is 1.16 bits per heavy atom. The Bertz CT molecular complexity index is 1240. The molecule has 0 radical (unpaired) electrons. The van der Waals surface area contributed by atoms with Crippen LogP contribution in [0, 0.1) is 18.3 Å². The third-order valence-electron chi connectivity index (χ3n) is 6.63. The lowest BCUT2D eigenvalue weighted by atomic mass is 10.1. The van der Waals surface area contributed by atoms with Crippen molar-refractivity contribution in [2.75, 3.05) is 38.1 Å². The van der Waals surface area contributed by atoms with Gasteiger partial charge in [-0.05, 0) is 70.2 Å². The lowest BCUT2D eigenvalue weighted by molar-refractivity contribution is -0.140. The van der Waals surface area contributed by atoms with E-state index < -0.39 is 12.0 Å². The molecule has 1 atom stereocenters. The Labute approximate surface area is 216 Å². The van der Waals surface area contributed by atoms with Crippen LogP contribution in [0.25, 0.3) is 11.0 Å². The number of aryl methyl sites for hydroxylation is 1. The number of benzene rings is 1. The zero-order valence-electron chi connectivity index (χ0n) is 21.3. The molecule has 0 saturated carbocycles. The predicted octanol–water partition coefficient (Wildman–Crippen LogP) is 3.04. The minimum absolute atomic E-state index is 0.0307. The molecule has 2 aromatic rings. The van der Waals surface area contributed by atoms with Gasteiger partial charge < -0.3 is 29.6 Å². The van der Waals surface area contributed by atoms with Gasteiger partial charge in [-0.2, -0.15) is 5.26 Å². The lowest BCUT2D eigenvalue weighted by Crippen LogP contribution is -2.49. The van der Waals surface area contributed by atoms with Crippen LogP contribution in [0.1, 0.15) is 44.8 Å². The van der Waals surface area contributed by atoms with E-state index in [1.807, 2.05) is 25.1 Å². The van der Waals surface area contributed by atoms with E-state index in [-0.39, 0.29) is 36.4 Å². The molecule has 10 heteroatoms. The van der Waals surface area contributed by atoms with Crippen molar-refractivity contribution in [3.05, 3.63) is 41.4 Å². The fourth-order valence-electron chi connectivity index (χ4n) is 4.78. The number of nitrogens with one attached hydrogen (secondary N) is 2. The van der Waals surface area contributed by atoms with Crippen molar-refractivity contribution >= 4 is 34.4 Å². The SMILES string of the molecule is CCOC(=O)/C(C#N)=C(/Nc1ccc2oc(C)cc2c1)N[C@H]1CCCCN(CC(=O)N2CCCC2)C1=O. The highest BCUT2D eigenvalue weighted by Gasteiger charge is 2.31. The van der Waals surface area contributed by atoms with E-state index in [1.165, 1.54) is 0 Å². The van der Waals surface area contributed by atoms with Gasteiger partial charge in [0, 0.05) is 30.7 Å². The van der Waals surface area contributed by atoms with Gasteiger partial charge in [0.15, 0.2) is 5.57 Å². The number of esters is 1. The molecule has 2 fully saturated rings. The van der Waals surface area contributed by atoms with Crippen LogP contribution in [-0.2, 0) is 19.1 Å². The standard InChI is InChI=1S/C27H33N5O5/c1-3-36-27(35)21(16-28)25(29-20-9-10-23-19(15-20)14-18(2)37-23)30-22-8-4-5-13-32(26(22)34)17-24(33)31-11-6-7-12-31/h9-10,14-15,22,29-30H,3-8,11-13,17H2,1-2H3/b25-21-/t22-/m0/s1. The molecular formula is C27H33N5O5. The summed E-state index contributed by atoms with van der Waals surface area (Å²) < 4.78 is 10.7. The van der Waals surface area contributed by atoms with Crippen molar-refractivity contribution in [2.24, 2.45) is 0 Å². The summed E-state index contributed by atoms with van der Waals surface area (Å²) in [7, 11) is 0. The molecule has 2 aliphatic heterocycles. The topological polar surface area (TPSA) is 128 Å². The van der Waals surface area contributed by atoms with Gasteiger partial charge in [0.05, 0.1) is 13.2 Å². The number of fused-ring (bicyclic) bond motifs is 1. The number of carbonyl (C=O) groups is 3. The van der Waals surface area contributed by atoms with E-state index in [2.05, 4.69) is 10.6 Å². The first-order chi connectivity index (χ1) is 17.9. The van der Waals surface area contributed by atoms with Crippen LogP contribution in [0.5, 0.6) is 0 Å². The van der Waals surface area contributed by atoms with Crippen LogP contribution in [0.2, 0.25) is 0 Å². The minimum atomic E-state index is -0.789. The average Bonchev–Trinajstić information content (AvgIpc) is 3.50. The lowest BCUT2D eigenvalue weighted by Gasteiger charge is -2.28. The number of furan rings is 1. The first kappa shape index (κ1) is 26.1. The second-order valence-corrected chi connectivity index (χ2v) is 9.36. The minimum Gasteiger partial charge on any atom is -0.462 e. The van der Waals surface area contributed by atoms with Crippen molar-refractivity contribution in [1.82, 2.24) is 15.1 Å². The van der Waals surface area contributed by atoms with Crippen LogP contribution in [0.15, 0.2) is 40.1 Å². The molecule has 1 aromatic heterocycles. The van der Waals surface area contributed by atoms with Crippen molar-refractivity contribution in [2.45, 2.75) is 52.0 Å². The predicted molar refractivity (Wildman–Crippen MR) is 137 cm³/mol. The molecule has 0 unspecified atom stereocenters. The molecule has 37 heavy (non-hydrogen) atoms. The number of rotatable bonds is 8. The van der Waals surface area contributed by atoms with Crippen LogP contribution in [0.3, 0.4) is 0 Å². The molecule has 2 saturated heterocycles. The molecule has 3 heterocycles. The van der Waals surface area contributed by atoms with Crippen molar-refractivity contribution in [3.63, 3.8) is 0 Å². The summed E-state index contributed by atoms with van der Waals surface area (Å²) in [5.41, 5.74) is 1.06. The number of hydrogen-bond acceptors (Lipinski definition) is 8. The Kier molecular flexibility index (Phi) is 8.33. The summed E-state index contributed by atoms with van der Waals surface area (Å²) >= 11 is 0. The molecular weight excluding hydrogens is 474 g/mol. The summed E-state index contributed by atoms with van der Waals surface area (Å²) in [5, 5.41) is 16.9. The fourth-order valence-corrected chi connectivity index (χ4v) is 4.78. The molecule has 4 rings (SSSR count). The molecule has 1 aromatic carbocycles. The summed E-state index contributed by atoms with van der Waals surface area (Å²) in [6, 6.07) is 8.49. The Hall–Kier alpha value is -4.00. The first-order valence-corrected chi connectivity index (χ1v) is 12.8. The van der Waals surface area contributed by atoms with E-state index >= 15 is 0 Å². The maximum Gasteiger partial charge on any atom is 0.352 e. The third-order valence-corrected chi connectivity index (χ3v) is 6.63. The van der Waals surface area contributed by atoms with Crippen molar-refractivity contribution in [3.8, 4) is 6.07 Å². The van der Waals surface area contributed by atoms with Gasteiger partial charge in [-0.15, -0.1) is 0 Å². The van der Waals surface area contributed by atoms with Crippen LogP contribution >= 0.6 is 0 Å². The van der Waals surface area contributed by atoms with Gasteiger partial charge in [-0.3, -0.25) is 9.59 Å². The summed E-state index contributed by atoms with van der Waals surface area (Å²) in [6.07, 6.45) is 3.99. The fraction of sp³-hybridized carbons (Fsp3) is 0.481. The van der Waals surface area contributed by atoms with E-state index in [0.29, 0.717) is 24.2 Å². The van der Waals surface area contributed by atoms with Gasteiger partial charge >= 0.3 is 5.97 Å². The molecule has 0 spiro atoms. The van der Waals surface area contributed by atoms with Crippen LogP contribution in [0.4, 0.5) is 5.69 Å². The van der Waals surface area contributed by atoms with E-state index in [1.54, 1.807) is 28.9 Å². The van der Waals surface area contributed by atoms with Crippen molar-refractivity contribution in [1.29, 1.82) is 5.26 Å². The number of carbonyl (C=O) groups excluding carboxylic acids is 3. The van der Waals surface area contributed by atoms with E-state index in [4.69, 9.17) is 9.15 Å².